The van der Waals surface area contributed by atoms with Gasteiger partial charge in [-0.05, 0) is 17.7 Å². The highest BCUT2D eigenvalue weighted by Gasteiger charge is 2.02. The molecule has 0 saturated carbocycles. The van der Waals surface area contributed by atoms with Gasteiger partial charge in [0.1, 0.15) is 6.61 Å². The van der Waals surface area contributed by atoms with Crippen molar-refractivity contribution in [3.05, 3.63) is 29.8 Å². The van der Waals surface area contributed by atoms with E-state index in [2.05, 4.69) is 10.1 Å². The molecule has 0 aliphatic carbocycles. The van der Waals surface area contributed by atoms with Crippen LogP contribution in [0.25, 0.3) is 0 Å². The Morgan fingerprint density at radius 3 is 2.47 bits per heavy atom. The van der Waals surface area contributed by atoms with Crippen LogP contribution in [0, 0.1) is 0 Å². The number of nitrogens with two attached hydrogens (primary N) is 2. The minimum Gasteiger partial charge on any atom is -0.448 e. The summed E-state index contributed by atoms with van der Waals surface area (Å²) in [5.74, 6) is -0.150. The summed E-state index contributed by atoms with van der Waals surface area (Å²) >= 11 is 0. The molecule has 1 rings (SSSR count). The van der Waals surface area contributed by atoms with Crippen LogP contribution in [0.5, 0.6) is 0 Å². The minimum atomic E-state index is -0.849. The highest BCUT2D eigenvalue weighted by atomic mass is 16.5. The van der Waals surface area contributed by atoms with Crippen LogP contribution >= 0.6 is 0 Å². The maximum Gasteiger partial charge on any atom is 0.404 e. The van der Waals surface area contributed by atoms with E-state index in [-0.39, 0.29) is 25.5 Å². The monoisotopic (exact) mass is 237 g/mol. The normalized spacial score (nSPS) is 9.65. The average Bonchev–Trinajstić information content (AvgIpc) is 2.27. The molecule has 0 radical (unpaired) electrons. The van der Waals surface area contributed by atoms with Crippen molar-refractivity contribution in [1.29, 1.82) is 0 Å². The summed E-state index contributed by atoms with van der Waals surface area (Å²) in [5.41, 5.74) is 11.8. The Bertz CT molecular complexity index is 389. The highest BCUT2D eigenvalue weighted by Crippen LogP contribution is 2.05. The molecule has 6 nitrogen and oxygen atoms in total. The van der Waals surface area contributed by atoms with Crippen LogP contribution in [0.1, 0.15) is 5.56 Å². The number of ether oxygens (including phenoxy) is 1. The fourth-order valence-corrected chi connectivity index (χ4v) is 1.23. The van der Waals surface area contributed by atoms with Gasteiger partial charge in [0, 0.05) is 5.69 Å². The molecule has 2 amide bonds. The number of hydrogen-bond acceptors (Lipinski definition) is 4. The van der Waals surface area contributed by atoms with Gasteiger partial charge in [0.2, 0.25) is 5.91 Å². The van der Waals surface area contributed by atoms with E-state index in [1.807, 2.05) is 0 Å². The second-order valence-corrected chi connectivity index (χ2v) is 3.44. The van der Waals surface area contributed by atoms with Crippen molar-refractivity contribution in [3.8, 4) is 0 Å². The first-order valence-corrected chi connectivity index (χ1v) is 5.11. The molecule has 0 aromatic heterocycles. The third-order valence-electron chi connectivity index (χ3n) is 2.01. The topological polar surface area (TPSA) is 107 Å². The van der Waals surface area contributed by atoms with Crippen molar-refractivity contribution in [2.24, 2.45) is 5.73 Å². The number of amides is 2. The van der Waals surface area contributed by atoms with Gasteiger partial charge in [-0.2, -0.15) is 0 Å². The molecule has 0 fully saturated rings. The van der Waals surface area contributed by atoms with E-state index in [4.69, 9.17) is 11.5 Å². The first kappa shape index (κ1) is 12.8. The number of anilines is 1. The van der Waals surface area contributed by atoms with Crippen molar-refractivity contribution in [2.75, 3.05) is 18.9 Å². The largest absolute Gasteiger partial charge is 0.448 e. The Kier molecular flexibility index (Phi) is 4.80. The zero-order valence-electron chi connectivity index (χ0n) is 9.31. The molecule has 0 bridgehead atoms. The van der Waals surface area contributed by atoms with E-state index in [1.54, 1.807) is 24.3 Å². The predicted molar refractivity (Wildman–Crippen MR) is 63.1 cm³/mol. The predicted octanol–water partition coefficient (Wildman–Crippen LogP) is 0.0228. The molecule has 92 valence electrons. The smallest absolute Gasteiger partial charge is 0.404 e. The van der Waals surface area contributed by atoms with Gasteiger partial charge in [-0.15, -0.1) is 0 Å². The van der Waals surface area contributed by atoms with Crippen LogP contribution in [-0.2, 0) is 16.0 Å². The van der Waals surface area contributed by atoms with E-state index in [0.29, 0.717) is 5.69 Å². The standard InChI is InChI=1S/C11H15N3O3/c12-9-3-1-8(2-4-9)7-10(15)14-5-6-17-11(13)16/h1-4H,5-7,12H2,(H2,13,16)(H,14,15). The summed E-state index contributed by atoms with van der Waals surface area (Å²) in [6.07, 6.45) is -0.589. The SMILES string of the molecule is NC(=O)OCCNC(=O)Cc1ccc(N)cc1. The number of rotatable bonds is 5. The van der Waals surface area contributed by atoms with Crippen LogP contribution in [0.3, 0.4) is 0 Å². The molecule has 0 unspecified atom stereocenters. The van der Waals surface area contributed by atoms with Gasteiger partial charge in [0.15, 0.2) is 0 Å². The van der Waals surface area contributed by atoms with Crippen molar-refractivity contribution < 1.29 is 14.3 Å². The van der Waals surface area contributed by atoms with Crippen molar-refractivity contribution >= 4 is 17.7 Å². The van der Waals surface area contributed by atoms with Crippen molar-refractivity contribution in [3.63, 3.8) is 0 Å². The number of nitrogen functional groups attached to an aromatic ring is 1. The lowest BCUT2D eigenvalue weighted by Crippen LogP contribution is -2.30. The second-order valence-electron chi connectivity index (χ2n) is 3.44. The molecule has 17 heavy (non-hydrogen) atoms. The Balaban J connectivity index is 2.25. The lowest BCUT2D eigenvalue weighted by atomic mass is 10.1. The third-order valence-corrected chi connectivity index (χ3v) is 2.01. The van der Waals surface area contributed by atoms with E-state index in [9.17, 15) is 9.59 Å². The minimum absolute atomic E-state index is 0.0722. The number of carbonyl (C=O) groups excluding carboxylic acids is 2. The first-order valence-electron chi connectivity index (χ1n) is 5.11. The number of benzene rings is 1. The molecule has 0 aliphatic rings. The molecule has 6 heteroatoms. The molecule has 0 saturated heterocycles. The number of hydrogen-bond donors (Lipinski definition) is 3. The van der Waals surface area contributed by atoms with Crippen LogP contribution in [-0.4, -0.2) is 25.2 Å². The molecular weight excluding hydrogens is 222 g/mol. The molecule has 0 atom stereocenters. The summed E-state index contributed by atoms with van der Waals surface area (Å²) in [6.45, 7) is 0.319. The quantitative estimate of drug-likeness (QED) is 0.495. The summed E-state index contributed by atoms with van der Waals surface area (Å²) < 4.78 is 4.47. The lowest BCUT2D eigenvalue weighted by molar-refractivity contribution is -0.120. The number of primary amides is 1. The van der Waals surface area contributed by atoms with Gasteiger partial charge in [0.25, 0.3) is 0 Å². The maximum absolute atomic E-state index is 11.4. The Morgan fingerprint density at radius 1 is 1.24 bits per heavy atom. The van der Waals surface area contributed by atoms with E-state index in [0.717, 1.165) is 5.56 Å². The zero-order valence-corrected chi connectivity index (χ0v) is 9.31. The summed E-state index contributed by atoms with van der Waals surface area (Å²) in [6, 6.07) is 7.04. The fourth-order valence-electron chi connectivity index (χ4n) is 1.23. The fraction of sp³-hybridized carbons (Fsp3) is 0.273. The average molecular weight is 237 g/mol. The van der Waals surface area contributed by atoms with Gasteiger partial charge >= 0.3 is 6.09 Å². The molecule has 1 aromatic carbocycles. The van der Waals surface area contributed by atoms with Gasteiger partial charge in [0.05, 0.1) is 13.0 Å². The Labute approximate surface area is 98.9 Å². The van der Waals surface area contributed by atoms with Crippen molar-refractivity contribution in [1.82, 2.24) is 5.32 Å². The third kappa shape index (κ3) is 5.41. The Hall–Kier alpha value is -2.24. The maximum atomic E-state index is 11.4. The van der Waals surface area contributed by atoms with Gasteiger partial charge < -0.3 is 21.5 Å². The van der Waals surface area contributed by atoms with Crippen LogP contribution in [0.15, 0.2) is 24.3 Å². The zero-order chi connectivity index (χ0) is 12.7. The van der Waals surface area contributed by atoms with Gasteiger partial charge in [-0.3, -0.25) is 4.79 Å². The first-order chi connectivity index (χ1) is 8.08. The second kappa shape index (κ2) is 6.37. The molecule has 0 aliphatic heterocycles. The number of carbonyl (C=O) groups is 2. The summed E-state index contributed by atoms with van der Waals surface area (Å²) in [7, 11) is 0. The Morgan fingerprint density at radius 2 is 1.88 bits per heavy atom. The molecule has 0 spiro atoms. The van der Waals surface area contributed by atoms with Gasteiger partial charge in [-0.1, -0.05) is 12.1 Å². The number of nitrogens with one attached hydrogen (secondary N) is 1. The molecule has 1 aromatic rings. The lowest BCUT2D eigenvalue weighted by Gasteiger charge is -2.05. The van der Waals surface area contributed by atoms with E-state index < -0.39 is 6.09 Å². The molecule has 0 heterocycles. The van der Waals surface area contributed by atoms with Crippen LogP contribution in [0.2, 0.25) is 0 Å². The van der Waals surface area contributed by atoms with Crippen molar-refractivity contribution in [2.45, 2.75) is 6.42 Å². The van der Waals surface area contributed by atoms with Crippen LogP contribution in [0.4, 0.5) is 10.5 Å². The molecule has 5 N–H and O–H groups in total. The van der Waals surface area contributed by atoms with E-state index in [1.165, 1.54) is 0 Å². The van der Waals surface area contributed by atoms with E-state index >= 15 is 0 Å². The summed E-state index contributed by atoms with van der Waals surface area (Å²) in [5, 5.41) is 2.60. The highest BCUT2D eigenvalue weighted by molar-refractivity contribution is 5.78. The van der Waals surface area contributed by atoms with Crippen LogP contribution < -0.4 is 16.8 Å². The van der Waals surface area contributed by atoms with Gasteiger partial charge in [-0.25, -0.2) is 4.79 Å². The summed E-state index contributed by atoms with van der Waals surface area (Å²) in [4.78, 5) is 21.7. The molecular formula is C11H15N3O3.